The molecule has 3 aromatic rings. The fourth-order valence-electron chi connectivity index (χ4n) is 3.69. The number of aryl methyl sites for hydroxylation is 2. The minimum atomic E-state index is -0.660. The van der Waals surface area contributed by atoms with Crippen molar-refractivity contribution in [3.8, 4) is 16.9 Å². The van der Waals surface area contributed by atoms with Crippen LogP contribution in [-0.2, 0) is 11.3 Å². The molecular weight excluding hydrogens is 419 g/mol. The monoisotopic (exact) mass is 450 g/mol. The number of ether oxygens (including phenoxy) is 2. The lowest BCUT2D eigenvalue weighted by atomic mass is 10.0. The standard InChI is InChI=1S/C27H31FN2O3/c1-17-12-21(20-8-10-22(28)11-9-20)14-23(13-17)30(26(31)33-27(4,5)6)16-24-19(3)25(32-7)18(2)15-29-24/h8-15H,16H2,1-7H3. The van der Waals surface area contributed by atoms with E-state index in [1.54, 1.807) is 30.3 Å². The summed E-state index contributed by atoms with van der Waals surface area (Å²) in [4.78, 5) is 19.4. The number of methoxy groups -OCH3 is 1. The minimum absolute atomic E-state index is 0.212. The summed E-state index contributed by atoms with van der Waals surface area (Å²) in [6.07, 6.45) is 1.27. The minimum Gasteiger partial charge on any atom is -0.496 e. The van der Waals surface area contributed by atoms with E-state index in [0.717, 1.165) is 33.6 Å². The molecule has 174 valence electrons. The summed E-state index contributed by atoms with van der Waals surface area (Å²) in [5.74, 6) is 0.456. The van der Waals surface area contributed by atoms with Gasteiger partial charge in [0.05, 0.1) is 19.3 Å². The predicted octanol–water partition coefficient (Wildman–Crippen LogP) is 6.76. The maximum Gasteiger partial charge on any atom is 0.415 e. The molecule has 0 aliphatic rings. The molecule has 1 amide bonds. The number of carbonyl (C=O) groups excluding carboxylic acids is 1. The average molecular weight is 451 g/mol. The lowest BCUT2D eigenvalue weighted by Gasteiger charge is -2.28. The van der Waals surface area contributed by atoms with Gasteiger partial charge in [-0.3, -0.25) is 9.88 Å². The first-order valence-electron chi connectivity index (χ1n) is 10.9. The molecular formula is C27H31FN2O3. The van der Waals surface area contributed by atoms with E-state index in [1.807, 2.05) is 59.7 Å². The molecule has 0 aliphatic heterocycles. The Hall–Kier alpha value is -3.41. The van der Waals surface area contributed by atoms with Crippen molar-refractivity contribution in [2.24, 2.45) is 0 Å². The number of anilines is 1. The Labute approximate surface area is 195 Å². The topological polar surface area (TPSA) is 51.7 Å². The largest absolute Gasteiger partial charge is 0.496 e. The molecule has 0 saturated heterocycles. The van der Waals surface area contributed by atoms with Crippen LogP contribution in [0, 0.1) is 26.6 Å². The third kappa shape index (κ3) is 5.89. The van der Waals surface area contributed by atoms with E-state index in [1.165, 1.54) is 12.1 Å². The van der Waals surface area contributed by atoms with Crippen LogP contribution in [0.1, 0.15) is 43.2 Å². The van der Waals surface area contributed by atoms with Crippen molar-refractivity contribution in [2.75, 3.05) is 12.0 Å². The van der Waals surface area contributed by atoms with Gasteiger partial charge in [-0.1, -0.05) is 18.2 Å². The van der Waals surface area contributed by atoms with E-state index >= 15 is 0 Å². The molecule has 0 saturated carbocycles. The maximum atomic E-state index is 13.4. The Balaban J connectivity index is 2.09. The molecule has 0 N–H and O–H groups in total. The fourth-order valence-corrected chi connectivity index (χ4v) is 3.69. The molecule has 1 aromatic heterocycles. The molecule has 0 bridgehead atoms. The van der Waals surface area contributed by atoms with Crippen molar-refractivity contribution < 1.29 is 18.7 Å². The Morgan fingerprint density at radius 3 is 2.30 bits per heavy atom. The van der Waals surface area contributed by atoms with Crippen LogP contribution in [0.3, 0.4) is 0 Å². The number of hydrogen-bond donors (Lipinski definition) is 0. The number of halogens is 1. The molecule has 0 spiro atoms. The van der Waals surface area contributed by atoms with Gasteiger partial charge in [-0.2, -0.15) is 0 Å². The van der Waals surface area contributed by atoms with Crippen LogP contribution in [0.25, 0.3) is 11.1 Å². The lowest BCUT2D eigenvalue weighted by molar-refractivity contribution is 0.0577. The summed E-state index contributed by atoms with van der Waals surface area (Å²) in [7, 11) is 1.63. The second kappa shape index (κ2) is 9.61. The Morgan fingerprint density at radius 2 is 1.70 bits per heavy atom. The number of rotatable bonds is 5. The zero-order chi connectivity index (χ0) is 24.3. The summed E-state index contributed by atoms with van der Waals surface area (Å²) >= 11 is 0. The van der Waals surface area contributed by atoms with Crippen LogP contribution in [0.15, 0.2) is 48.7 Å². The number of carbonyl (C=O) groups is 1. The molecule has 0 aliphatic carbocycles. The first kappa shape index (κ1) is 24.2. The van der Waals surface area contributed by atoms with Crippen molar-refractivity contribution in [3.63, 3.8) is 0 Å². The highest BCUT2D eigenvalue weighted by Crippen LogP contribution is 2.31. The molecule has 3 rings (SSSR count). The van der Waals surface area contributed by atoms with Crippen molar-refractivity contribution in [1.29, 1.82) is 0 Å². The summed E-state index contributed by atoms with van der Waals surface area (Å²) in [6, 6.07) is 12.1. The number of hydrogen-bond acceptors (Lipinski definition) is 4. The first-order valence-corrected chi connectivity index (χ1v) is 10.9. The average Bonchev–Trinajstić information content (AvgIpc) is 2.72. The molecule has 0 fully saturated rings. The Bertz CT molecular complexity index is 1150. The number of amides is 1. The predicted molar refractivity (Wildman–Crippen MR) is 129 cm³/mol. The third-order valence-electron chi connectivity index (χ3n) is 5.22. The van der Waals surface area contributed by atoms with E-state index in [0.29, 0.717) is 11.4 Å². The van der Waals surface area contributed by atoms with Crippen LogP contribution in [0.4, 0.5) is 14.9 Å². The van der Waals surface area contributed by atoms with Gasteiger partial charge in [-0.25, -0.2) is 9.18 Å². The van der Waals surface area contributed by atoms with E-state index in [4.69, 9.17) is 9.47 Å². The molecule has 2 aromatic carbocycles. The van der Waals surface area contributed by atoms with Gasteiger partial charge in [0.2, 0.25) is 0 Å². The number of nitrogens with zero attached hydrogens (tertiary/aromatic N) is 2. The summed E-state index contributed by atoms with van der Waals surface area (Å²) in [5.41, 5.74) is 5.23. The van der Waals surface area contributed by atoms with Gasteiger partial charge in [0.25, 0.3) is 0 Å². The highest BCUT2D eigenvalue weighted by atomic mass is 19.1. The Morgan fingerprint density at radius 1 is 1.03 bits per heavy atom. The molecule has 6 heteroatoms. The van der Waals surface area contributed by atoms with Crippen LogP contribution in [0.2, 0.25) is 0 Å². The van der Waals surface area contributed by atoms with Gasteiger partial charge in [0, 0.05) is 23.0 Å². The van der Waals surface area contributed by atoms with E-state index in [9.17, 15) is 9.18 Å². The van der Waals surface area contributed by atoms with Crippen LogP contribution in [-0.4, -0.2) is 23.8 Å². The first-order chi connectivity index (χ1) is 15.5. The van der Waals surface area contributed by atoms with Gasteiger partial charge in [0.15, 0.2) is 0 Å². The normalized spacial score (nSPS) is 11.3. The number of aromatic nitrogens is 1. The molecule has 0 atom stereocenters. The summed E-state index contributed by atoms with van der Waals surface area (Å²) in [6.45, 7) is 11.5. The van der Waals surface area contributed by atoms with E-state index in [2.05, 4.69) is 4.98 Å². The van der Waals surface area contributed by atoms with E-state index in [-0.39, 0.29) is 12.4 Å². The third-order valence-corrected chi connectivity index (χ3v) is 5.22. The van der Waals surface area contributed by atoms with Crippen molar-refractivity contribution in [2.45, 2.75) is 53.7 Å². The van der Waals surface area contributed by atoms with Gasteiger partial charge in [-0.15, -0.1) is 0 Å². The lowest BCUT2D eigenvalue weighted by Crippen LogP contribution is -2.37. The van der Waals surface area contributed by atoms with Crippen LogP contribution >= 0.6 is 0 Å². The molecule has 33 heavy (non-hydrogen) atoms. The van der Waals surface area contributed by atoms with Crippen LogP contribution in [0.5, 0.6) is 5.75 Å². The van der Waals surface area contributed by atoms with Gasteiger partial charge >= 0.3 is 6.09 Å². The molecule has 5 nitrogen and oxygen atoms in total. The Kier molecular flexibility index (Phi) is 7.06. The maximum absolute atomic E-state index is 13.4. The molecule has 1 heterocycles. The second-order valence-electron chi connectivity index (χ2n) is 9.18. The zero-order valence-electron chi connectivity index (χ0n) is 20.3. The smallest absolute Gasteiger partial charge is 0.415 e. The second-order valence-corrected chi connectivity index (χ2v) is 9.18. The quantitative estimate of drug-likeness (QED) is 0.431. The zero-order valence-corrected chi connectivity index (χ0v) is 20.3. The van der Waals surface area contributed by atoms with Gasteiger partial charge < -0.3 is 9.47 Å². The van der Waals surface area contributed by atoms with Crippen molar-refractivity contribution in [1.82, 2.24) is 4.98 Å². The SMILES string of the molecule is COc1c(C)cnc(CN(C(=O)OC(C)(C)C)c2cc(C)cc(-c3ccc(F)cc3)c2)c1C. The van der Waals surface area contributed by atoms with Gasteiger partial charge in [-0.05, 0) is 82.5 Å². The highest BCUT2D eigenvalue weighted by Gasteiger charge is 2.26. The number of benzene rings is 2. The van der Waals surface area contributed by atoms with Crippen molar-refractivity contribution in [3.05, 3.63) is 76.9 Å². The number of pyridine rings is 1. The summed E-state index contributed by atoms with van der Waals surface area (Å²) in [5, 5.41) is 0. The molecule has 0 unspecified atom stereocenters. The van der Waals surface area contributed by atoms with Gasteiger partial charge in [0.1, 0.15) is 17.2 Å². The van der Waals surface area contributed by atoms with Crippen LogP contribution < -0.4 is 9.64 Å². The van der Waals surface area contributed by atoms with Crippen molar-refractivity contribution >= 4 is 11.8 Å². The van der Waals surface area contributed by atoms with E-state index < -0.39 is 11.7 Å². The molecule has 0 radical (unpaired) electrons. The highest BCUT2D eigenvalue weighted by molar-refractivity contribution is 5.89. The summed E-state index contributed by atoms with van der Waals surface area (Å²) < 4.78 is 24.7. The fraction of sp³-hybridized carbons (Fsp3) is 0.333.